The second-order valence-electron chi connectivity index (χ2n) is 5.28. The molecule has 0 bridgehead atoms. The molecule has 104 valence electrons. The van der Waals surface area contributed by atoms with Crippen LogP contribution in [0.25, 0.3) is 0 Å². The summed E-state index contributed by atoms with van der Waals surface area (Å²) in [7, 11) is 2.05. The molecule has 0 aliphatic carbocycles. The molecule has 0 aromatic heterocycles. The van der Waals surface area contributed by atoms with Crippen molar-refractivity contribution in [3.8, 4) is 0 Å². The van der Waals surface area contributed by atoms with Crippen LogP contribution in [0.15, 0.2) is 54.6 Å². The zero-order valence-corrected chi connectivity index (χ0v) is 12.3. The minimum Gasteiger partial charge on any atom is -0.367 e. The third-order valence-corrected chi connectivity index (χ3v) is 3.54. The number of anilines is 1. The van der Waals surface area contributed by atoms with Crippen LogP contribution in [0.1, 0.15) is 30.5 Å². The molecule has 1 unspecified atom stereocenters. The summed E-state index contributed by atoms with van der Waals surface area (Å²) >= 11 is 0. The van der Waals surface area contributed by atoms with Gasteiger partial charge < -0.3 is 4.90 Å². The average molecular weight is 267 g/mol. The van der Waals surface area contributed by atoms with E-state index >= 15 is 0 Å². The highest BCUT2D eigenvalue weighted by molar-refractivity contribution is 5.77. The van der Waals surface area contributed by atoms with Crippen molar-refractivity contribution in [3.63, 3.8) is 0 Å². The molecule has 0 N–H and O–H groups in total. The van der Waals surface area contributed by atoms with E-state index in [1.54, 1.807) is 6.92 Å². The molecule has 0 radical (unpaired) electrons. The van der Waals surface area contributed by atoms with Gasteiger partial charge in [0.15, 0.2) is 0 Å². The smallest absolute Gasteiger partial charge is 0.132 e. The molecule has 2 heteroatoms. The minimum atomic E-state index is 0.0785. The quantitative estimate of drug-likeness (QED) is 0.811. The standard InChI is InChI=1S/C18H21NO/c1-14-8-7-9-16(12-14)18(13-15(2)20)19(3)17-10-5-4-6-11-17/h4-12,18H,13H2,1-3H3. The van der Waals surface area contributed by atoms with Gasteiger partial charge in [-0.15, -0.1) is 0 Å². The van der Waals surface area contributed by atoms with Gasteiger partial charge in [0.25, 0.3) is 0 Å². The third-order valence-electron chi connectivity index (χ3n) is 3.54. The molecule has 1 atom stereocenters. The van der Waals surface area contributed by atoms with Gasteiger partial charge in [0.1, 0.15) is 5.78 Å². The van der Waals surface area contributed by atoms with Crippen molar-refractivity contribution in [3.05, 3.63) is 65.7 Å². The first-order valence-electron chi connectivity index (χ1n) is 6.92. The fourth-order valence-corrected chi connectivity index (χ4v) is 2.47. The van der Waals surface area contributed by atoms with Crippen molar-refractivity contribution in [2.45, 2.75) is 26.3 Å². The topological polar surface area (TPSA) is 20.3 Å². The molecule has 0 fully saturated rings. The van der Waals surface area contributed by atoms with Gasteiger partial charge in [-0.3, -0.25) is 4.79 Å². The Morgan fingerprint density at radius 3 is 2.40 bits per heavy atom. The highest BCUT2D eigenvalue weighted by atomic mass is 16.1. The number of hydrogen-bond donors (Lipinski definition) is 0. The number of hydrogen-bond acceptors (Lipinski definition) is 2. The lowest BCUT2D eigenvalue weighted by Gasteiger charge is -2.30. The first kappa shape index (κ1) is 14.3. The molecule has 2 rings (SSSR count). The van der Waals surface area contributed by atoms with E-state index in [0.717, 1.165) is 5.69 Å². The van der Waals surface area contributed by atoms with Gasteiger partial charge in [-0.1, -0.05) is 48.0 Å². The number of carbonyl (C=O) groups excluding carboxylic acids is 1. The molecule has 2 aromatic rings. The van der Waals surface area contributed by atoms with Crippen molar-refractivity contribution in [1.82, 2.24) is 0 Å². The lowest BCUT2D eigenvalue weighted by Crippen LogP contribution is -2.26. The zero-order valence-electron chi connectivity index (χ0n) is 12.3. The fourth-order valence-electron chi connectivity index (χ4n) is 2.47. The van der Waals surface area contributed by atoms with Gasteiger partial charge in [-0.25, -0.2) is 0 Å². The fraction of sp³-hybridized carbons (Fsp3) is 0.278. The molecule has 0 saturated heterocycles. The van der Waals surface area contributed by atoms with E-state index in [1.165, 1.54) is 11.1 Å². The van der Waals surface area contributed by atoms with E-state index in [2.05, 4.69) is 48.2 Å². The van der Waals surface area contributed by atoms with Gasteiger partial charge in [-0.2, -0.15) is 0 Å². The van der Waals surface area contributed by atoms with Crippen molar-refractivity contribution in [1.29, 1.82) is 0 Å². The number of ketones is 1. The lowest BCUT2D eigenvalue weighted by molar-refractivity contribution is -0.117. The molecular formula is C18H21NO. The Hall–Kier alpha value is -2.09. The highest BCUT2D eigenvalue weighted by Gasteiger charge is 2.19. The van der Waals surface area contributed by atoms with E-state index in [4.69, 9.17) is 0 Å². The normalized spacial score (nSPS) is 11.9. The van der Waals surface area contributed by atoms with Crippen LogP contribution < -0.4 is 4.90 Å². The van der Waals surface area contributed by atoms with Crippen molar-refractivity contribution >= 4 is 11.5 Å². The van der Waals surface area contributed by atoms with Crippen molar-refractivity contribution in [2.75, 3.05) is 11.9 Å². The van der Waals surface area contributed by atoms with Crippen LogP contribution in [-0.4, -0.2) is 12.8 Å². The van der Waals surface area contributed by atoms with Gasteiger partial charge in [0, 0.05) is 19.2 Å². The van der Waals surface area contributed by atoms with Crippen molar-refractivity contribution in [2.24, 2.45) is 0 Å². The second-order valence-corrected chi connectivity index (χ2v) is 5.28. The first-order chi connectivity index (χ1) is 9.58. The van der Waals surface area contributed by atoms with E-state index in [1.807, 2.05) is 25.2 Å². The van der Waals surface area contributed by atoms with Gasteiger partial charge in [0.05, 0.1) is 6.04 Å². The summed E-state index contributed by atoms with van der Waals surface area (Å²) in [5.41, 5.74) is 3.53. The van der Waals surface area contributed by atoms with E-state index < -0.39 is 0 Å². The van der Waals surface area contributed by atoms with Crippen LogP contribution in [0.2, 0.25) is 0 Å². The van der Waals surface area contributed by atoms with Gasteiger partial charge in [-0.05, 0) is 31.5 Å². The van der Waals surface area contributed by atoms with Crippen LogP contribution in [0, 0.1) is 6.92 Å². The largest absolute Gasteiger partial charge is 0.367 e. The summed E-state index contributed by atoms with van der Waals surface area (Å²) in [5, 5.41) is 0. The number of rotatable bonds is 5. The Morgan fingerprint density at radius 1 is 1.10 bits per heavy atom. The summed E-state index contributed by atoms with van der Waals surface area (Å²) in [6.07, 6.45) is 0.523. The molecule has 0 spiro atoms. The predicted molar refractivity (Wildman–Crippen MR) is 84.1 cm³/mol. The van der Waals surface area contributed by atoms with Crippen LogP contribution in [-0.2, 0) is 4.79 Å². The van der Waals surface area contributed by atoms with E-state index in [-0.39, 0.29) is 11.8 Å². The van der Waals surface area contributed by atoms with Crippen LogP contribution in [0.5, 0.6) is 0 Å². The van der Waals surface area contributed by atoms with Gasteiger partial charge >= 0.3 is 0 Å². The number of carbonyl (C=O) groups is 1. The Morgan fingerprint density at radius 2 is 1.80 bits per heavy atom. The van der Waals surface area contributed by atoms with Crippen molar-refractivity contribution < 1.29 is 4.79 Å². The summed E-state index contributed by atoms with van der Waals surface area (Å²) < 4.78 is 0. The first-order valence-corrected chi connectivity index (χ1v) is 6.92. The molecule has 2 aromatic carbocycles. The molecule has 0 aliphatic heterocycles. The lowest BCUT2D eigenvalue weighted by atomic mass is 9.98. The summed E-state index contributed by atoms with van der Waals surface area (Å²) in [6, 6.07) is 18.7. The Bertz CT molecular complexity index is 577. The highest BCUT2D eigenvalue weighted by Crippen LogP contribution is 2.28. The maximum Gasteiger partial charge on any atom is 0.132 e. The summed E-state index contributed by atoms with van der Waals surface area (Å²) in [4.78, 5) is 13.8. The molecule has 0 saturated carbocycles. The number of nitrogens with zero attached hydrogens (tertiary/aromatic N) is 1. The van der Waals surface area contributed by atoms with E-state index in [9.17, 15) is 4.79 Å². The monoisotopic (exact) mass is 267 g/mol. The number of para-hydroxylation sites is 1. The molecule has 2 nitrogen and oxygen atoms in total. The molecule has 0 heterocycles. The van der Waals surface area contributed by atoms with Crippen LogP contribution in [0.4, 0.5) is 5.69 Å². The minimum absolute atomic E-state index is 0.0785. The number of Topliss-reactive ketones (excluding diaryl/α,β-unsaturated/α-hetero) is 1. The van der Waals surface area contributed by atoms with Crippen LogP contribution in [0.3, 0.4) is 0 Å². The maximum absolute atomic E-state index is 11.6. The number of aryl methyl sites for hydroxylation is 1. The third kappa shape index (κ3) is 3.47. The second kappa shape index (κ2) is 6.38. The molecule has 20 heavy (non-hydrogen) atoms. The van der Waals surface area contributed by atoms with Gasteiger partial charge in [0.2, 0.25) is 0 Å². The summed E-state index contributed by atoms with van der Waals surface area (Å²) in [5.74, 6) is 0.208. The molecule has 0 aliphatic rings. The molecule has 0 amide bonds. The van der Waals surface area contributed by atoms with E-state index in [0.29, 0.717) is 6.42 Å². The van der Waals surface area contributed by atoms with Crippen LogP contribution >= 0.6 is 0 Å². The maximum atomic E-state index is 11.6. The predicted octanol–water partition coefficient (Wildman–Crippen LogP) is 4.15. The Kier molecular flexibility index (Phi) is 4.57. The Labute approximate surface area is 121 Å². The Balaban J connectivity index is 2.35. The zero-order chi connectivity index (χ0) is 14.5. The molecular weight excluding hydrogens is 246 g/mol. The summed E-state index contributed by atoms with van der Waals surface area (Å²) in [6.45, 7) is 3.73. The SMILES string of the molecule is CC(=O)CC(c1cccc(C)c1)N(C)c1ccccc1. The average Bonchev–Trinajstić information content (AvgIpc) is 2.45. The number of benzene rings is 2.